The average Bonchev–Trinajstić information content (AvgIpc) is 2.40. The highest BCUT2D eigenvalue weighted by atomic mass is 16.2. The van der Waals surface area contributed by atoms with Crippen molar-refractivity contribution in [3.05, 3.63) is 0 Å². The Morgan fingerprint density at radius 1 is 1.27 bits per heavy atom. The van der Waals surface area contributed by atoms with Crippen molar-refractivity contribution in [2.45, 2.75) is 25.3 Å². The van der Waals surface area contributed by atoms with Crippen molar-refractivity contribution in [1.82, 2.24) is 15.5 Å². The van der Waals surface area contributed by atoms with Gasteiger partial charge in [-0.1, -0.05) is 0 Å². The van der Waals surface area contributed by atoms with Gasteiger partial charge < -0.3 is 15.5 Å². The van der Waals surface area contributed by atoms with Crippen molar-refractivity contribution in [2.75, 3.05) is 26.2 Å². The molecule has 5 heteroatoms. The first-order chi connectivity index (χ1) is 7.27. The molecule has 2 aliphatic heterocycles. The minimum atomic E-state index is -0.147. The monoisotopic (exact) mass is 211 g/mol. The van der Waals surface area contributed by atoms with E-state index in [0.29, 0.717) is 13.1 Å². The molecule has 0 aromatic rings. The van der Waals surface area contributed by atoms with Crippen LogP contribution in [0.25, 0.3) is 0 Å². The molecule has 0 saturated carbocycles. The molecule has 2 aliphatic rings. The maximum atomic E-state index is 11.8. The highest BCUT2D eigenvalue weighted by Gasteiger charge is 2.28. The molecule has 2 saturated heterocycles. The summed E-state index contributed by atoms with van der Waals surface area (Å²) in [5, 5.41) is 6.01. The van der Waals surface area contributed by atoms with Gasteiger partial charge in [-0.3, -0.25) is 9.59 Å². The molecule has 84 valence electrons. The SMILES string of the molecule is O=C1CC(=O)N(C2CCCNC2)CCN1. The molecule has 5 nitrogen and oxygen atoms in total. The van der Waals surface area contributed by atoms with Crippen molar-refractivity contribution in [3.8, 4) is 0 Å². The fourth-order valence-electron chi connectivity index (χ4n) is 2.23. The Labute approximate surface area is 89.2 Å². The maximum absolute atomic E-state index is 11.8. The third-order valence-electron chi connectivity index (χ3n) is 3.02. The van der Waals surface area contributed by atoms with E-state index in [1.165, 1.54) is 0 Å². The second-order valence-electron chi connectivity index (χ2n) is 4.11. The Balaban J connectivity index is 1.99. The standard InChI is InChI=1S/C10H17N3O2/c14-9-6-10(15)13(5-4-12-9)8-2-1-3-11-7-8/h8,11H,1-7H2,(H,12,14). The summed E-state index contributed by atoms with van der Waals surface area (Å²) < 4.78 is 0. The number of carbonyl (C=O) groups is 2. The summed E-state index contributed by atoms with van der Waals surface area (Å²) in [5.41, 5.74) is 0. The van der Waals surface area contributed by atoms with Crippen LogP contribution in [0.15, 0.2) is 0 Å². The van der Waals surface area contributed by atoms with Crippen LogP contribution < -0.4 is 10.6 Å². The normalized spacial score (nSPS) is 28.5. The van der Waals surface area contributed by atoms with E-state index < -0.39 is 0 Å². The van der Waals surface area contributed by atoms with Gasteiger partial charge in [-0.15, -0.1) is 0 Å². The predicted octanol–water partition coefficient (Wildman–Crippen LogP) is -0.913. The smallest absolute Gasteiger partial charge is 0.232 e. The molecule has 0 aromatic carbocycles. The molecule has 2 N–H and O–H groups in total. The number of rotatable bonds is 1. The van der Waals surface area contributed by atoms with Crippen LogP contribution >= 0.6 is 0 Å². The number of nitrogens with one attached hydrogen (secondary N) is 2. The Kier molecular flexibility index (Phi) is 3.20. The van der Waals surface area contributed by atoms with Crippen molar-refractivity contribution < 1.29 is 9.59 Å². The summed E-state index contributed by atoms with van der Waals surface area (Å²) in [7, 11) is 0. The molecule has 15 heavy (non-hydrogen) atoms. The number of hydrogen-bond donors (Lipinski definition) is 2. The molecule has 0 aliphatic carbocycles. The summed E-state index contributed by atoms with van der Waals surface area (Å²) in [6.45, 7) is 3.13. The van der Waals surface area contributed by atoms with Crippen LogP contribution in [-0.2, 0) is 9.59 Å². The van der Waals surface area contributed by atoms with E-state index in [2.05, 4.69) is 10.6 Å². The van der Waals surface area contributed by atoms with Crippen molar-refractivity contribution in [3.63, 3.8) is 0 Å². The van der Waals surface area contributed by atoms with Gasteiger partial charge >= 0.3 is 0 Å². The number of piperidine rings is 1. The summed E-state index contributed by atoms with van der Waals surface area (Å²) in [5.74, 6) is -0.176. The molecule has 0 spiro atoms. The van der Waals surface area contributed by atoms with E-state index >= 15 is 0 Å². The lowest BCUT2D eigenvalue weighted by atomic mass is 10.1. The molecule has 2 amide bonds. The van der Waals surface area contributed by atoms with Crippen LogP contribution in [0, 0.1) is 0 Å². The van der Waals surface area contributed by atoms with E-state index in [1.807, 2.05) is 4.90 Å². The van der Waals surface area contributed by atoms with Crippen LogP contribution in [-0.4, -0.2) is 48.9 Å². The largest absolute Gasteiger partial charge is 0.354 e. The van der Waals surface area contributed by atoms with Gasteiger partial charge in [-0.25, -0.2) is 0 Å². The zero-order valence-electron chi connectivity index (χ0n) is 8.79. The van der Waals surface area contributed by atoms with E-state index in [-0.39, 0.29) is 24.3 Å². The zero-order valence-corrected chi connectivity index (χ0v) is 8.79. The number of amides is 2. The molecule has 1 unspecified atom stereocenters. The lowest BCUT2D eigenvalue weighted by Gasteiger charge is -2.33. The Hall–Kier alpha value is -1.10. The maximum Gasteiger partial charge on any atom is 0.232 e. The van der Waals surface area contributed by atoms with Gasteiger partial charge in [0.05, 0.1) is 0 Å². The average molecular weight is 211 g/mol. The lowest BCUT2D eigenvalue weighted by molar-refractivity contribution is -0.136. The molecule has 2 rings (SSSR count). The molecular formula is C10H17N3O2. The van der Waals surface area contributed by atoms with E-state index in [9.17, 15) is 9.59 Å². The molecule has 2 heterocycles. The van der Waals surface area contributed by atoms with Crippen LogP contribution in [0.1, 0.15) is 19.3 Å². The van der Waals surface area contributed by atoms with E-state index in [0.717, 1.165) is 25.9 Å². The first kappa shape index (κ1) is 10.4. The van der Waals surface area contributed by atoms with Gasteiger partial charge in [0.25, 0.3) is 0 Å². The Morgan fingerprint density at radius 3 is 2.87 bits per heavy atom. The lowest BCUT2D eigenvalue weighted by Crippen LogP contribution is -2.49. The summed E-state index contributed by atoms with van der Waals surface area (Å²) in [4.78, 5) is 24.8. The number of carbonyl (C=O) groups excluding carboxylic acids is 2. The first-order valence-corrected chi connectivity index (χ1v) is 5.54. The molecular weight excluding hydrogens is 194 g/mol. The predicted molar refractivity (Wildman–Crippen MR) is 55.2 cm³/mol. The second kappa shape index (κ2) is 4.61. The van der Waals surface area contributed by atoms with Crippen LogP contribution in [0.2, 0.25) is 0 Å². The van der Waals surface area contributed by atoms with E-state index in [1.54, 1.807) is 0 Å². The second-order valence-corrected chi connectivity index (χ2v) is 4.11. The van der Waals surface area contributed by atoms with Gasteiger partial charge in [0, 0.05) is 25.7 Å². The Bertz CT molecular complexity index is 261. The molecule has 0 aromatic heterocycles. The van der Waals surface area contributed by atoms with E-state index in [4.69, 9.17) is 0 Å². The van der Waals surface area contributed by atoms with Crippen molar-refractivity contribution >= 4 is 11.8 Å². The van der Waals surface area contributed by atoms with Gasteiger partial charge in [0.2, 0.25) is 11.8 Å². The third-order valence-corrected chi connectivity index (χ3v) is 3.02. The summed E-state index contributed by atoms with van der Waals surface area (Å²) >= 11 is 0. The van der Waals surface area contributed by atoms with Gasteiger partial charge in [0.15, 0.2) is 0 Å². The van der Waals surface area contributed by atoms with Crippen molar-refractivity contribution in [2.24, 2.45) is 0 Å². The summed E-state index contributed by atoms with van der Waals surface area (Å²) in [6, 6.07) is 0.277. The fraction of sp³-hybridized carbons (Fsp3) is 0.800. The highest BCUT2D eigenvalue weighted by Crippen LogP contribution is 2.12. The van der Waals surface area contributed by atoms with Gasteiger partial charge in [0.1, 0.15) is 6.42 Å². The minimum absolute atomic E-state index is 0.0104. The number of hydrogen-bond acceptors (Lipinski definition) is 3. The van der Waals surface area contributed by atoms with Crippen LogP contribution in [0.3, 0.4) is 0 Å². The Morgan fingerprint density at radius 2 is 2.13 bits per heavy atom. The molecule has 1 atom stereocenters. The van der Waals surface area contributed by atoms with Gasteiger partial charge in [-0.2, -0.15) is 0 Å². The zero-order chi connectivity index (χ0) is 10.7. The topological polar surface area (TPSA) is 61.4 Å². The molecule has 0 bridgehead atoms. The van der Waals surface area contributed by atoms with Crippen LogP contribution in [0.5, 0.6) is 0 Å². The third kappa shape index (κ3) is 2.47. The summed E-state index contributed by atoms with van der Waals surface area (Å²) in [6.07, 6.45) is 2.17. The quantitative estimate of drug-likeness (QED) is 0.552. The first-order valence-electron chi connectivity index (χ1n) is 5.54. The van der Waals surface area contributed by atoms with Gasteiger partial charge in [-0.05, 0) is 19.4 Å². The molecule has 0 radical (unpaired) electrons. The molecule has 2 fully saturated rings. The fourth-order valence-corrected chi connectivity index (χ4v) is 2.23. The minimum Gasteiger partial charge on any atom is -0.354 e. The van der Waals surface area contributed by atoms with Crippen LogP contribution in [0.4, 0.5) is 0 Å². The highest BCUT2D eigenvalue weighted by molar-refractivity contribution is 5.97. The number of nitrogens with zero attached hydrogens (tertiary/aromatic N) is 1. The van der Waals surface area contributed by atoms with Crippen molar-refractivity contribution in [1.29, 1.82) is 0 Å².